The number of nitrogens with one attached hydrogen (secondary N) is 1. The molecule has 1 N–H and O–H groups in total. The second-order valence-electron chi connectivity index (χ2n) is 7.04. The smallest absolute Gasteiger partial charge is 0.264 e. The third-order valence-electron chi connectivity index (χ3n) is 4.88. The van der Waals surface area contributed by atoms with Crippen LogP contribution in [0.2, 0.25) is 0 Å². The number of hydrogen-bond donors (Lipinski definition) is 1. The lowest BCUT2D eigenvalue weighted by molar-refractivity contribution is 0.498. The van der Waals surface area contributed by atoms with Crippen LogP contribution in [0.5, 0.6) is 0 Å². The standard InChI is InChI=1S/C21H24N2O5S2/c1-15-7-10-19(11-8-15)30(26,27)23(4)21-16(2)9-12-20(17(21)3)29(24,25)22-14-18-6-5-13-28-18/h5-13,22H,14H2,1-4H3. The summed E-state index contributed by atoms with van der Waals surface area (Å²) in [4.78, 5) is 0.152. The average Bonchev–Trinajstić information content (AvgIpc) is 3.20. The van der Waals surface area contributed by atoms with E-state index >= 15 is 0 Å². The number of rotatable bonds is 7. The molecule has 3 rings (SSSR count). The molecule has 3 aromatic rings. The van der Waals surface area contributed by atoms with Crippen LogP contribution in [-0.2, 0) is 26.6 Å². The maximum atomic E-state index is 13.1. The maximum absolute atomic E-state index is 13.1. The van der Waals surface area contributed by atoms with Crippen molar-refractivity contribution in [1.82, 2.24) is 4.72 Å². The Balaban J connectivity index is 2.00. The number of furan rings is 1. The van der Waals surface area contributed by atoms with E-state index in [-0.39, 0.29) is 16.3 Å². The lowest BCUT2D eigenvalue weighted by Crippen LogP contribution is -2.29. The highest BCUT2D eigenvalue weighted by Gasteiger charge is 2.27. The molecule has 0 unspecified atom stereocenters. The Hall–Kier alpha value is -2.62. The maximum Gasteiger partial charge on any atom is 0.264 e. The zero-order chi connectivity index (χ0) is 22.1. The molecule has 160 valence electrons. The number of nitrogens with zero attached hydrogens (tertiary/aromatic N) is 1. The largest absolute Gasteiger partial charge is 0.468 e. The minimum atomic E-state index is -3.89. The summed E-state index contributed by atoms with van der Waals surface area (Å²) in [6.45, 7) is 5.22. The molecule has 0 atom stereocenters. The fourth-order valence-corrected chi connectivity index (χ4v) is 5.79. The number of benzene rings is 2. The van der Waals surface area contributed by atoms with E-state index in [1.807, 2.05) is 6.92 Å². The Bertz CT molecular complexity index is 1250. The summed E-state index contributed by atoms with van der Waals surface area (Å²) in [5, 5.41) is 0. The Labute approximate surface area is 177 Å². The monoisotopic (exact) mass is 448 g/mol. The second-order valence-corrected chi connectivity index (χ2v) is 10.7. The van der Waals surface area contributed by atoms with Crippen LogP contribution in [0.15, 0.2) is 69.0 Å². The molecule has 0 amide bonds. The van der Waals surface area contributed by atoms with E-state index in [2.05, 4.69) is 4.72 Å². The highest BCUT2D eigenvalue weighted by molar-refractivity contribution is 7.92. The van der Waals surface area contributed by atoms with Gasteiger partial charge >= 0.3 is 0 Å². The number of anilines is 1. The van der Waals surface area contributed by atoms with E-state index in [0.717, 1.165) is 9.87 Å². The van der Waals surface area contributed by atoms with E-state index in [0.29, 0.717) is 22.6 Å². The minimum absolute atomic E-state index is 0.00448. The molecule has 2 aromatic carbocycles. The summed E-state index contributed by atoms with van der Waals surface area (Å²) < 4.78 is 60.8. The fraction of sp³-hybridized carbons (Fsp3) is 0.238. The zero-order valence-corrected chi connectivity index (χ0v) is 18.8. The molecule has 9 heteroatoms. The third kappa shape index (κ3) is 4.28. The van der Waals surface area contributed by atoms with Crippen LogP contribution in [0, 0.1) is 20.8 Å². The van der Waals surface area contributed by atoms with Crippen molar-refractivity contribution in [2.75, 3.05) is 11.4 Å². The van der Waals surface area contributed by atoms with Crippen molar-refractivity contribution < 1.29 is 21.3 Å². The Kier molecular flexibility index (Phi) is 6.07. The Morgan fingerprint density at radius 1 is 0.933 bits per heavy atom. The van der Waals surface area contributed by atoms with Crippen molar-refractivity contribution in [1.29, 1.82) is 0 Å². The number of aryl methyl sites for hydroxylation is 2. The molecule has 0 fully saturated rings. The van der Waals surface area contributed by atoms with Crippen molar-refractivity contribution in [3.63, 3.8) is 0 Å². The van der Waals surface area contributed by atoms with Gasteiger partial charge in [-0.15, -0.1) is 0 Å². The van der Waals surface area contributed by atoms with Crippen LogP contribution in [0.3, 0.4) is 0 Å². The van der Waals surface area contributed by atoms with Crippen molar-refractivity contribution in [2.45, 2.75) is 37.1 Å². The van der Waals surface area contributed by atoms with Gasteiger partial charge in [-0.3, -0.25) is 4.31 Å². The lowest BCUT2D eigenvalue weighted by atomic mass is 10.1. The van der Waals surface area contributed by atoms with Crippen LogP contribution < -0.4 is 9.03 Å². The van der Waals surface area contributed by atoms with Gasteiger partial charge in [-0.1, -0.05) is 23.8 Å². The minimum Gasteiger partial charge on any atom is -0.468 e. The first-order valence-corrected chi connectivity index (χ1v) is 12.1. The SMILES string of the molecule is Cc1ccc(S(=O)(=O)N(C)c2c(C)ccc(S(=O)(=O)NCc3ccco3)c2C)cc1. The van der Waals surface area contributed by atoms with Gasteiger partial charge in [-0.05, 0) is 62.2 Å². The van der Waals surface area contributed by atoms with E-state index in [4.69, 9.17) is 4.42 Å². The molecule has 0 saturated heterocycles. The Morgan fingerprint density at radius 3 is 2.20 bits per heavy atom. The van der Waals surface area contributed by atoms with Gasteiger partial charge in [-0.25, -0.2) is 21.6 Å². The normalized spacial score (nSPS) is 12.1. The van der Waals surface area contributed by atoms with E-state index in [1.54, 1.807) is 44.2 Å². The molecule has 0 radical (unpaired) electrons. The predicted octanol–water partition coefficient (Wildman–Crippen LogP) is 3.51. The van der Waals surface area contributed by atoms with Crippen molar-refractivity contribution in [3.8, 4) is 0 Å². The van der Waals surface area contributed by atoms with E-state index in [9.17, 15) is 16.8 Å². The molecule has 0 saturated carbocycles. The third-order valence-corrected chi connectivity index (χ3v) is 8.20. The predicted molar refractivity (Wildman–Crippen MR) is 115 cm³/mol. The van der Waals surface area contributed by atoms with E-state index in [1.165, 1.54) is 31.5 Å². The van der Waals surface area contributed by atoms with Crippen LogP contribution in [-0.4, -0.2) is 23.9 Å². The van der Waals surface area contributed by atoms with Crippen LogP contribution >= 0.6 is 0 Å². The number of hydrogen-bond acceptors (Lipinski definition) is 5. The second kappa shape index (κ2) is 8.25. The highest BCUT2D eigenvalue weighted by atomic mass is 32.2. The van der Waals surface area contributed by atoms with Gasteiger partial charge in [0.1, 0.15) is 5.76 Å². The fourth-order valence-electron chi connectivity index (χ4n) is 3.24. The first-order valence-electron chi connectivity index (χ1n) is 9.22. The summed E-state index contributed by atoms with van der Waals surface area (Å²) in [6, 6.07) is 12.9. The molecule has 30 heavy (non-hydrogen) atoms. The van der Waals surface area contributed by atoms with E-state index < -0.39 is 20.0 Å². The molecule has 0 aliphatic heterocycles. The zero-order valence-electron chi connectivity index (χ0n) is 17.2. The number of sulfonamides is 2. The van der Waals surface area contributed by atoms with Crippen LogP contribution in [0.25, 0.3) is 0 Å². The molecule has 0 spiro atoms. The topological polar surface area (TPSA) is 96.7 Å². The van der Waals surface area contributed by atoms with Crippen LogP contribution in [0.4, 0.5) is 5.69 Å². The molecular weight excluding hydrogens is 424 g/mol. The van der Waals surface area contributed by atoms with Crippen LogP contribution in [0.1, 0.15) is 22.5 Å². The summed E-state index contributed by atoms with van der Waals surface area (Å²) in [7, 11) is -6.32. The Morgan fingerprint density at radius 2 is 1.60 bits per heavy atom. The van der Waals surface area contributed by atoms with Crippen molar-refractivity contribution in [2.24, 2.45) is 0 Å². The van der Waals surface area contributed by atoms with Crippen molar-refractivity contribution in [3.05, 3.63) is 77.2 Å². The van der Waals surface area contributed by atoms with Gasteiger partial charge in [0.05, 0.1) is 28.3 Å². The van der Waals surface area contributed by atoms with Gasteiger partial charge in [0.2, 0.25) is 10.0 Å². The molecule has 0 aliphatic carbocycles. The van der Waals surface area contributed by atoms with Gasteiger partial charge in [0.25, 0.3) is 10.0 Å². The highest BCUT2D eigenvalue weighted by Crippen LogP contribution is 2.33. The average molecular weight is 449 g/mol. The van der Waals surface area contributed by atoms with Gasteiger partial charge < -0.3 is 4.42 Å². The van der Waals surface area contributed by atoms with Gasteiger partial charge in [0.15, 0.2) is 0 Å². The lowest BCUT2D eigenvalue weighted by Gasteiger charge is -2.25. The summed E-state index contributed by atoms with van der Waals surface area (Å²) >= 11 is 0. The molecule has 1 aromatic heterocycles. The van der Waals surface area contributed by atoms with Crippen molar-refractivity contribution >= 4 is 25.7 Å². The molecule has 0 bridgehead atoms. The summed E-state index contributed by atoms with van der Waals surface area (Å²) in [5.41, 5.74) is 2.27. The quantitative estimate of drug-likeness (QED) is 0.597. The first kappa shape index (κ1) is 22.1. The van der Waals surface area contributed by atoms with Gasteiger partial charge in [0, 0.05) is 7.05 Å². The molecule has 0 aliphatic rings. The summed E-state index contributed by atoms with van der Waals surface area (Å²) in [6.07, 6.45) is 1.46. The van der Waals surface area contributed by atoms with Gasteiger partial charge in [-0.2, -0.15) is 0 Å². The molecular formula is C21H24N2O5S2. The summed E-state index contributed by atoms with van der Waals surface area (Å²) in [5.74, 6) is 0.475. The molecule has 1 heterocycles. The first-order chi connectivity index (χ1) is 14.0. The molecule has 7 nitrogen and oxygen atoms in total.